The van der Waals surface area contributed by atoms with Gasteiger partial charge in [0.2, 0.25) is 6.10 Å². The maximum atomic E-state index is 13.6. The molecule has 170 valence electrons. The molecule has 0 aliphatic carbocycles. The fraction of sp³-hybridized carbons (Fsp3) is 0.292. The van der Waals surface area contributed by atoms with Crippen LogP contribution in [0.25, 0.3) is 10.2 Å². The fourth-order valence-electron chi connectivity index (χ4n) is 3.71. The second kappa shape index (κ2) is 9.50. The van der Waals surface area contributed by atoms with Gasteiger partial charge in [0, 0.05) is 25.5 Å². The second-order valence-electron chi connectivity index (χ2n) is 7.57. The zero-order valence-corrected chi connectivity index (χ0v) is 19.0. The minimum absolute atomic E-state index is 0.160. The summed E-state index contributed by atoms with van der Waals surface area (Å²) in [7, 11) is 0. The molecule has 0 saturated carbocycles. The van der Waals surface area contributed by atoms with Crippen LogP contribution in [0.3, 0.4) is 0 Å². The number of rotatable bonds is 8. The van der Waals surface area contributed by atoms with Crippen molar-refractivity contribution in [2.45, 2.75) is 26.0 Å². The molecule has 1 amide bonds. The molecule has 2 aromatic carbocycles. The standard InChI is InChI=1S/C24H24N4O4S/c1-2-30-17-8-9-18-22(14-17)33-24(26-18)28(12-5-11-27-13-10-25-16-27)23(29)21-15-31-19-6-3-4-7-20(19)32-21/h3-4,6-10,13-14,16,21H,2,5,11-12,15H2,1H3. The van der Waals surface area contributed by atoms with E-state index in [0.29, 0.717) is 29.8 Å². The summed E-state index contributed by atoms with van der Waals surface area (Å²) in [5, 5.41) is 0.636. The van der Waals surface area contributed by atoms with E-state index in [9.17, 15) is 4.79 Å². The van der Waals surface area contributed by atoms with Crippen LogP contribution in [0.15, 0.2) is 61.2 Å². The summed E-state index contributed by atoms with van der Waals surface area (Å²) >= 11 is 1.47. The number of benzene rings is 2. The molecule has 4 aromatic rings. The van der Waals surface area contributed by atoms with Gasteiger partial charge in [-0.2, -0.15) is 0 Å². The summed E-state index contributed by atoms with van der Waals surface area (Å²) in [5.41, 5.74) is 0.831. The highest BCUT2D eigenvalue weighted by molar-refractivity contribution is 7.22. The average Bonchev–Trinajstić information content (AvgIpc) is 3.51. The number of aromatic nitrogens is 3. The first-order valence-corrected chi connectivity index (χ1v) is 11.7. The number of thiazole rings is 1. The van der Waals surface area contributed by atoms with Gasteiger partial charge in [-0.1, -0.05) is 23.5 Å². The van der Waals surface area contributed by atoms with Crippen LogP contribution < -0.4 is 19.1 Å². The lowest BCUT2D eigenvalue weighted by molar-refractivity contribution is -0.127. The number of ether oxygens (including phenoxy) is 3. The third kappa shape index (κ3) is 4.63. The number of nitrogens with zero attached hydrogens (tertiary/aromatic N) is 4. The number of hydrogen-bond acceptors (Lipinski definition) is 7. The minimum atomic E-state index is -0.737. The number of carbonyl (C=O) groups excluding carboxylic acids is 1. The maximum absolute atomic E-state index is 13.6. The zero-order chi connectivity index (χ0) is 22.6. The third-order valence-electron chi connectivity index (χ3n) is 5.30. The predicted octanol–water partition coefficient (Wildman–Crippen LogP) is 4.15. The van der Waals surface area contributed by atoms with Gasteiger partial charge in [0.25, 0.3) is 5.91 Å². The number of carbonyl (C=O) groups is 1. The van der Waals surface area contributed by atoms with Gasteiger partial charge in [-0.25, -0.2) is 9.97 Å². The van der Waals surface area contributed by atoms with E-state index >= 15 is 0 Å². The lowest BCUT2D eigenvalue weighted by Gasteiger charge is -2.29. The molecule has 1 atom stereocenters. The van der Waals surface area contributed by atoms with E-state index < -0.39 is 6.10 Å². The molecule has 1 unspecified atom stereocenters. The van der Waals surface area contributed by atoms with Crippen LogP contribution in [0.2, 0.25) is 0 Å². The van der Waals surface area contributed by atoms with Crippen LogP contribution in [0, 0.1) is 0 Å². The van der Waals surface area contributed by atoms with Crippen molar-refractivity contribution in [3.05, 3.63) is 61.2 Å². The van der Waals surface area contributed by atoms with Crippen molar-refractivity contribution >= 4 is 32.6 Å². The Morgan fingerprint density at radius 3 is 2.97 bits per heavy atom. The Morgan fingerprint density at radius 1 is 1.27 bits per heavy atom. The molecule has 1 aliphatic heterocycles. The molecule has 5 rings (SSSR count). The normalized spacial score (nSPS) is 14.9. The Hall–Kier alpha value is -3.59. The second-order valence-corrected chi connectivity index (χ2v) is 8.58. The van der Waals surface area contributed by atoms with Crippen molar-refractivity contribution in [2.75, 3.05) is 24.7 Å². The maximum Gasteiger partial charge on any atom is 0.273 e. The number of amides is 1. The van der Waals surface area contributed by atoms with E-state index in [0.717, 1.165) is 28.9 Å². The van der Waals surface area contributed by atoms with Crippen LogP contribution in [-0.2, 0) is 11.3 Å². The lowest BCUT2D eigenvalue weighted by Crippen LogP contribution is -2.47. The molecular formula is C24H24N4O4S. The van der Waals surface area contributed by atoms with Gasteiger partial charge in [-0.05, 0) is 43.7 Å². The minimum Gasteiger partial charge on any atom is -0.494 e. The zero-order valence-electron chi connectivity index (χ0n) is 18.2. The van der Waals surface area contributed by atoms with Gasteiger partial charge in [0.05, 0.1) is 23.2 Å². The molecule has 33 heavy (non-hydrogen) atoms. The van der Waals surface area contributed by atoms with Crippen molar-refractivity contribution in [1.82, 2.24) is 14.5 Å². The third-order valence-corrected chi connectivity index (χ3v) is 6.34. The molecule has 0 radical (unpaired) electrons. The van der Waals surface area contributed by atoms with E-state index in [1.54, 1.807) is 17.4 Å². The fourth-order valence-corrected chi connectivity index (χ4v) is 4.74. The van der Waals surface area contributed by atoms with E-state index in [4.69, 9.17) is 19.2 Å². The quantitative estimate of drug-likeness (QED) is 0.390. The van der Waals surface area contributed by atoms with Crippen molar-refractivity contribution in [3.8, 4) is 17.2 Å². The van der Waals surface area contributed by atoms with E-state index in [1.807, 2.05) is 60.2 Å². The monoisotopic (exact) mass is 464 g/mol. The molecule has 0 saturated heterocycles. The topological polar surface area (TPSA) is 78.7 Å². The summed E-state index contributed by atoms with van der Waals surface area (Å²) in [6.45, 7) is 3.95. The number of aryl methyl sites for hydroxylation is 1. The number of fused-ring (bicyclic) bond motifs is 2. The Bertz CT molecular complexity index is 1240. The molecule has 9 heteroatoms. The first-order chi connectivity index (χ1) is 16.2. The molecule has 8 nitrogen and oxygen atoms in total. The number of para-hydroxylation sites is 2. The van der Waals surface area contributed by atoms with Gasteiger partial charge >= 0.3 is 0 Å². The largest absolute Gasteiger partial charge is 0.494 e. The molecule has 0 fully saturated rings. The number of imidazole rings is 1. The van der Waals surface area contributed by atoms with E-state index in [-0.39, 0.29) is 12.5 Å². The van der Waals surface area contributed by atoms with Gasteiger partial charge in [0.1, 0.15) is 12.4 Å². The van der Waals surface area contributed by atoms with Crippen LogP contribution in [0.5, 0.6) is 17.2 Å². The summed E-state index contributed by atoms with van der Waals surface area (Å²) < 4.78 is 20.4. The van der Waals surface area contributed by atoms with E-state index in [2.05, 4.69) is 4.98 Å². The molecule has 1 aliphatic rings. The van der Waals surface area contributed by atoms with Crippen LogP contribution in [-0.4, -0.2) is 46.3 Å². The highest BCUT2D eigenvalue weighted by Gasteiger charge is 2.33. The summed E-state index contributed by atoms with van der Waals surface area (Å²) in [6, 6.07) is 13.2. The summed E-state index contributed by atoms with van der Waals surface area (Å²) in [5.74, 6) is 1.85. The highest BCUT2D eigenvalue weighted by atomic mass is 32.1. The SMILES string of the molecule is CCOc1ccc2nc(N(CCCn3ccnc3)C(=O)C3COc4ccccc4O3)sc2c1. The van der Waals surface area contributed by atoms with Crippen LogP contribution in [0.1, 0.15) is 13.3 Å². The Morgan fingerprint density at radius 2 is 2.15 bits per heavy atom. The van der Waals surface area contributed by atoms with Crippen LogP contribution >= 0.6 is 11.3 Å². The average molecular weight is 465 g/mol. The Balaban J connectivity index is 1.40. The highest BCUT2D eigenvalue weighted by Crippen LogP contribution is 2.34. The molecular weight excluding hydrogens is 440 g/mol. The Kier molecular flexibility index (Phi) is 6.12. The van der Waals surface area contributed by atoms with Gasteiger partial charge in [-0.15, -0.1) is 0 Å². The number of hydrogen-bond donors (Lipinski definition) is 0. The Labute approximate surface area is 195 Å². The summed E-state index contributed by atoms with van der Waals surface area (Å²) in [6.07, 6.45) is 5.44. The molecule has 0 bridgehead atoms. The molecule has 0 spiro atoms. The molecule has 0 N–H and O–H groups in total. The van der Waals surface area contributed by atoms with Crippen LogP contribution in [0.4, 0.5) is 5.13 Å². The lowest BCUT2D eigenvalue weighted by atomic mass is 10.2. The summed E-state index contributed by atoms with van der Waals surface area (Å²) in [4.78, 5) is 24.1. The van der Waals surface area contributed by atoms with Gasteiger partial charge in [-0.3, -0.25) is 9.69 Å². The first kappa shape index (κ1) is 21.3. The van der Waals surface area contributed by atoms with Gasteiger partial charge < -0.3 is 18.8 Å². The van der Waals surface area contributed by atoms with Crippen molar-refractivity contribution < 1.29 is 19.0 Å². The van der Waals surface area contributed by atoms with Crippen molar-refractivity contribution in [2.24, 2.45) is 0 Å². The van der Waals surface area contributed by atoms with Crippen molar-refractivity contribution in [3.63, 3.8) is 0 Å². The first-order valence-electron chi connectivity index (χ1n) is 10.9. The molecule has 2 aromatic heterocycles. The van der Waals surface area contributed by atoms with Gasteiger partial charge in [0.15, 0.2) is 16.6 Å². The number of anilines is 1. The smallest absolute Gasteiger partial charge is 0.273 e. The van der Waals surface area contributed by atoms with E-state index in [1.165, 1.54) is 11.3 Å². The van der Waals surface area contributed by atoms with Crippen molar-refractivity contribution in [1.29, 1.82) is 0 Å². The predicted molar refractivity (Wildman–Crippen MR) is 126 cm³/mol. The molecule has 3 heterocycles.